The van der Waals surface area contributed by atoms with Crippen molar-refractivity contribution in [3.05, 3.63) is 34.2 Å². The molecule has 1 aromatic rings. The van der Waals surface area contributed by atoms with Crippen LogP contribution < -0.4 is 16.2 Å². The molecule has 3 aliphatic rings. The standard InChI is InChI=1S/C22H33N5O2S/c28-20(23-8-11-25-9-3-1-2-4-10-25)13-24-22(30)26-14-17-12-18(16-26)19-6-5-7-21(29)27(19)15-17/h5-7,17-18H,1-4,8-16H2,(H,23,28)(H,24,30). The van der Waals surface area contributed by atoms with Gasteiger partial charge in [0.1, 0.15) is 0 Å². The number of rotatable bonds is 5. The van der Waals surface area contributed by atoms with Gasteiger partial charge in [-0.2, -0.15) is 0 Å². The van der Waals surface area contributed by atoms with Crippen LogP contribution in [0.4, 0.5) is 0 Å². The molecule has 0 aliphatic carbocycles. The van der Waals surface area contributed by atoms with Crippen LogP contribution in [0.1, 0.15) is 43.7 Å². The molecule has 2 atom stereocenters. The van der Waals surface area contributed by atoms with E-state index in [1.54, 1.807) is 6.07 Å². The Bertz CT molecular complexity index is 818. The van der Waals surface area contributed by atoms with Crippen LogP contribution in [0.3, 0.4) is 0 Å². The summed E-state index contributed by atoms with van der Waals surface area (Å²) in [5.41, 5.74) is 1.20. The maximum Gasteiger partial charge on any atom is 0.250 e. The van der Waals surface area contributed by atoms with Gasteiger partial charge in [0.2, 0.25) is 5.91 Å². The first-order valence-electron chi connectivity index (χ1n) is 11.3. The number of pyridine rings is 1. The first-order valence-corrected chi connectivity index (χ1v) is 11.7. The van der Waals surface area contributed by atoms with Gasteiger partial charge in [0.05, 0.1) is 6.54 Å². The third-order valence-electron chi connectivity index (χ3n) is 6.62. The molecular formula is C22H33N5O2S. The van der Waals surface area contributed by atoms with Crippen LogP contribution in [0.5, 0.6) is 0 Å². The number of amides is 1. The molecule has 0 saturated carbocycles. The van der Waals surface area contributed by atoms with Gasteiger partial charge in [0, 0.05) is 50.4 Å². The summed E-state index contributed by atoms with van der Waals surface area (Å²) in [6.07, 6.45) is 6.27. The zero-order chi connectivity index (χ0) is 20.9. The second-order valence-corrected chi connectivity index (χ2v) is 9.25. The van der Waals surface area contributed by atoms with Gasteiger partial charge in [0.15, 0.2) is 5.11 Å². The van der Waals surface area contributed by atoms with Crippen molar-refractivity contribution in [1.82, 2.24) is 25.0 Å². The Balaban J connectivity index is 1.21. The summed E-state index contributed by atoms with van der Waals surface area (Å²) in [5, 5.41) is 6.78. The first-order chi connectivity index (χ1) is 14.6. The van der Waals surface area contributed by atoms with E-state index in [1.165, 1.54) is 25.7 Å². The first kappa shape index (κ1) is 21.3. The molecule has 8 heteroatoms. The lowest BCUT2D eigenvalue weighted by molar-refractivity contribution is -0.120. The highest BCUT2D eigenvalue weighted by Crippen LogP contribution is 2.34. The molecule has 0 spiro atoms. The van der Waals surface area contributed by atoms with Crippen LogP contribution in [-0.2, 0) is 11.3 Å². The van der Waals surface area contributed by atoms with Crippen LogP contribution in [0, 0.1) is 5.92 Å². The number of hydrogen-bond donors (Lipinski definition) is 2. The largest absolute Gasteiger partial charge is 0.354 e. The van der Waals surface area contributed by atoms with Crippen LogP contribution >= 0.6 is 12.2 Å². The average Bonchev–Trinajstić information content (AvgIpc) is 3.01. The zero-order valence-corrected chi connectivity index (χ0v) is 18.5. The van der Waals surface area contributed by atoms with Gasteiger partial charge in [-0.25, -0.2) is 0 Å². The molecular weight excluding hydrogens is 398 g/mol. The van der Waals surface area contributed by atoms with E-state index < -0.39 is 0 Å². The van der Waals surface area contributed by atoms with E-state index in [2.05, 4.69) is 26.5 Å². The summed E-state index contributed by atoms with van der Waals surface area (Å²) >= 11 is 5.58. The van der Waals surface area contributed by atoms with Gasteiger partial charge in [0.25, 0.3) is 5.56 Å². The number of nitrogens with zero attached hydrogens (tertiary/aromatic N) is 3. The normalized spacial score (nSPS) is 23.9. The van der Waals surface area contributed by atoms with Crippen molar-refractivity contribution in [2.75, 3.05) is 45.8 Å². The van der Waals surface area contributed by atoms with Crippen molar-refractivity contribution in [1.29, 1.82) is 0 Å². The Hall–Kier alpha value is -1.93. The zero-order valence-electron chi connectivity index (χ0n) is 17.6. The van der Waals surface area contributed by atoms with E-state index >= 15 is 0 Å². The molecule has 2 bridgehead atoms. The van der Waals surface area contributed by atoms with Crippen molar-refractivity contribution in [3.63, 3.8) is 0 Å². The molecule has 1 amide bonds. The molecule has 0 radical (unpaired) electrons. The van der Waals surface area contributed by atoms with Crippen LogP contribution in [0.25, 0.3) is 0 Å². The van der Waals surface area contributed by atoms with E-state index in [9.17, 15) is 9.59 Å². The Kier molecular flexibility index (Phi) is 7.04. The second-order valence-electron chi connectivity index (χ2n) is 8.87. The predicted octanol–water partition coefficient (Wildman–Crippen LogP) is 1.13. The van der Waals surface area contributed by atoms with E-state index in [4.69, 9.17) is 12.2 Å². The number of piperidine rings is 1. The topological polar surface area (TPSA) is 69.6 Å². The highest BCUT2D eigenvalue weighted by atomic mass is 32.1. The van der Waals surface area contributed by atoms with Gasteiger partial charge in [-0.3, -0.25) is 9.59 Å². The quantitative estimate of drug-likeness (QED) is 0.682. The van der Waals surface area contributed by atoms with Crippen LogP contribution in [0.15, 0.2) is 23.0 Å². The lowest BCUT2D eigenvalue weighted by Gasteiger charge is -2.43. The molecule has 2 saturated heterocycles. The van der Waals surface area contributed by atoms with Gasteiger partial charge in [-0.1, -0.05) is 18.9 Å². The van der Waals surface area contributed by atoms with Crippen molar-refractivity contribution in [2.24, 2.45) is 5.92 Å². The molecule has 2 fully saturated rings. The fraction of sp³-hybridized carbons (Fsp3) is 0.682. The summed E-state index contributed by atoms with van der Waals surface area (Å²) in [6.45, 7) is 6.48. The SMILES string of the molecule is O=C(CNC(=S)N1CC2CC(C1)c1cccc(=O)n1C2)NCCN1CCCCCC1. The molecule has 0 aromatic carbocycles. The second kappa shape index (κ2) is 9.92. The average molecular weight is 432 g/mol. The number of aromatic nitrogens is 1. The summed E-state index contributed by atoms with van der Waals surface area (Å²) in [5.74, 6) is 0.716. The molecule has 30 heavy (non-hydrogen) atoms. The highest BCUT2D eigenvalue weighted by Gasteiger charge is 2.35. The number of nitrogens with one attached hydrogen (secondary N) is 2. The fourth-order valence-corrected chi connectivity index (χ4v) is 5.33. The minimum absolute atomic E-state index is 0.0127. The lowest BCUT2D eigenvalue weighted by atomic mass is 9.83. The molecule has 164 valence electrons. The predicted molar refractivity (Wildman–Crippen MR) is 122 cm³/mol. The Labute approximate surface area is 183 Å². The minimum Gasteiger partial charge on any atom is -0.354 e. The molecule has 2 unspecified atom stereocenters. The maximum absolute atomic E-state index is 12.2. The summed E-state index contributed by atoms with van der Waals surface area (Å²) < 4.78 is 1.92. The molecule has 2 N–H and O–H groups in total. The smallest absolute Gasteiger partial charge is 0.250 e. The molecule has 4 heterocycles. The van der Waals surface area contributed by atoms with Crippen LogP contribution in [0.2, 0.25) is 0 Å². The molecule has 3 aliphatic heterocycles. The maximum atomic E-state index is 12.2. The number of thiocarbonyl (C=S) groups is 1. The van der Waals surface area contributed by atoms with Crippen molar-refractivity contribution < 1.29 is 4.79 Å². The summed E-state index contributed by atoms with van der Waals surface area (Å²) in [4.78, 5) is 29.0. The van der Waals surface area contributed by atoms with Crippen molar-refractivity contribution >= 4 is 23.2 Å². The van der Waals surface area contributed by atoms with Gasteiger partial charge >= 0.3 is 0 Å². The summed E-state index contributed by atoms with van der Waals surface area (Å²) in [6, 6.07) is 5.54. The van der Waals surface area contributed by atoms with Gasteiger partial charge in [-0.15, -0.1) is 0 Å². The lowest BCUT2D eigenvalue weighted by Crippen LogP contribution is -2.53. The van der Waals surface area contributed by atoms with Crippen LogP contribution in [-0.4, -0.2) is 71.2 Å². The molecule has 4 rings (SSSR count). The number of carbonyl (C=O) groups is 1. The van der Waals surface area contributed by atoms with Gasteiger partial charge in [-0.05, 0) is 56.6 Å². The van der Waals surface area contributed by atoms with Crippen molar-refractivity contribution in [2.45, 2.75) is 44.6 Å². The number of hydrogen-bond acceptors (Lipinski definition) is 4. The third-order valence-corrected chi connectivity index (χ3v) is 7.02. The van der Waals surface area contributed by atoms with E-state index in [-0.39, 0.29) is 18.0 Å². The van der Waals surface area contributed by atoms with Crippen molar-refractivity contribution in [3.8, 4) is 0 Å². The third kappa shape index (κ3) is 5.21. The Morgan fingerprint density at radius 1 is 1.07 bits per heavy atom. The summed E-state index contributed by atoms with van der Waals surface area (Å²) in [7, 11) is 0. The monoisotopic (exact) mass is 431 g/mol. The minimum atomic E-state index is -0.0127. The number of fused-ring (bicyclic) bond motifs is 4. The Morgan fingerprint density at radius 3 is 2.67 bits per heavy atom. The Morgan fingerprint density at radius 2 is 1.87 bits per heavy atom. The highest BCUT2D eigenvalue weighted by molar-refractivity contribution is 7.80. The van der Waals surface area contributed by atoms with E-state index in [0.717, 1.165) is 51.4 Å². The molecule has 7 nitrogen and oxygen atoms in total. The van der Waals surface area contributed by atoms with E-state index in [0.29, 0.717) is 23.5 Å². The fourth-order valence-electron chi connectivity index (χ4n) is 5.11. The number of carbonyl (C=O) groups excluding carboxylic acids is 1. The molecule has 1 aromatic heterocycles. The van der Waals surface area contributed by atoms with E-state index in [1.807, 2.05) is 10.6 Å². The number of likely N-dealkylation sites (tertiary alicyclic amines) is 2. The van der Waals surface area contributed by atoms with Gasteiger partial charge < -0.3 is 25.0 Å².